The molecule has 3 aromatic rings. The summed E-state index contributed by atoms with van der Waals surface area (Å²) in [6.45, 7) is 5.20. The van der Waals surface area contributed by atoms with Gasteiger partial charge in [-0.1, -0.05) is 30.3 Å². The van der Waals surface area contributed by atoms with Crippen LogP contribution in [0.3, 0.4) is 0 Å². The van der Waals surface area contributed by atoms with E-state index in [1.54, 1.807) is 6.92 Å². The lowest BCUT2D eigenvalue weighted by Crippen LogP contribution is -2.40. The van der Waals surface area contributed by atoms with Gasteiger partial charge in [-0.3, -0.25) is 14.7 Å². The van der Waals surface area contributed by atoms with Gasteiger partial charge in [0.25, 0.3) is 11.5 Å². The second-order valence-corrected chi connectivity index (χ2v) is 6.68. The van der Waals surface area contributed by atoms with Crippen molar-refractivity contribution in [2.75, 3.05) is 13.1 Å². The highest BCUT2D eigenvalue weighted by molar-refractivity contribution is 5.95. The third-order valence-electron chi connectivity index (χ3n) is 4.83. The Bertz CT molecular complexity index is 1030. The highest BCUT2D eigenvalue weighted by atomic mass is 16.2. The average molecular weight is 351 g/mol. The van der Waals surface area contributed by atoms with Gasteiger partial charge in [-0.15, -0.1) is 0 Å². The van der Waals surface area contributed by atoms with Crippen molar-refractivity contribution in [2.24, 2.45) is 0 Å². The van der Waals surface area contributed by atoms with Crippen LogP contribution in [0.15, 0.2) is 35.1 Å². The lowest BCUT2D eigenvalue weighted by Gasteiger charge is -2.12. The van der Waals surface area contributed by atoms with E-state index in [4.69, 9.17) is 0 Å². The van der Waals surface area contributed by atoms with E-state index in [1.807, 2.05) is 37.3 Å². The van der Waals surface area contributed by atoms with Gasteiger partial charge in [-0.05, 0) is 32.4 Å². The molecule has 26 heavy (non-hydrogen) atoms. The molecule has 7 nitrogen and oxygen atoms in total. The highest BCUT2D eigenvalue weighted by Crippen LogP contribution is 2.26. The predicted octanol–water partition coefficient (Wildman–Crippen LogP) is 1.40. The van der Waals surface area contributed by atoms with E-state index in [9.17, 15) is 9.59 Å². The van der Waals surface area contributed by atoms with Crippen LogP contribution in [0, 0.1) is 13.8 Å². The fourth-order valence-corrected chi connectivity index (χ4v) is 3.54. The first-order valence-electron chi connectivity index (χ1n) is 8.75. The lowest BCUT2D eigenvalue weighted by atomic mass is 10.1. The van der Waals surface area contributed by atoms with Crippen molar-refractivity contribution in [2.45, 2.75) is 26.3 Å². The van der Waals surface area contributed by atoms with Crippen molar-refractivity contribution in [1.82, 2.24) is 25.2 Å². The van der Waals surface area contributed by atoms with Crippen LogP contribution in [0.2, 0.25) is 0 Å². The van der Waals surface area contributed by atoms with Crippen LogP contribution in [0.4, 0.5) is 0 Å². The summed E-state index contributed by atoms with van der Waals surface area (Å²) in [6, 6.07) is 9.84. The molecule has 3 heterocycles. The number of aromatic amines is 1. The number of nitrogens with zero attached hydrogens (tertiary/aromatic N) is 2. The number of rotatable bonds is 3. The lowest BCUT2D eigenvalue weighted by molar-refractivity contribution is 0.0937. The molecule has 1 aromatic carbocycles. The maximum Gasteiger partial charge on any atom is 0.285 e. The topological polar surface area (TPSA) is 91.3 Å². The van der Waals surface area contributed by atoms with Gasteiger partial charge < -0.3 is 10.6 Å². The first-order chi connectivity index (χ1) is 12.6. The number of carbonyl (C=O) groups excluding carboxylic acids is 1. The zero-order chi connectivity index (χ0) is 18.3. The van der Waals surface area contributed by atoms with Gasteiger partial charge in [-0.25, -0.2) is 9.50 Å². The van der Waals surface area contributed by atoms with E-state index in [0.717, 1.165) is 36.3 Å². The zero-order valence-corrected chi connectivity index (χ0v) is 14.8. The largest absolute Gasteiger partial charge is 0.348 e. The van der Waals surface area contributed by atoms with E-state index in [0.29, 0.717) is 11.3 Å². The molecule has 2 aromatic heterocycles. The fourth-order valence-electron chi connectivity index (χ4n) is 3.54. The number of aromatic nitrogens is 3. The normalized spacial score (nSPS) is 16.9. The minimum Gasteiger partial charge on any atom is -0.348 e. The zero-order valence-electron chi connectivity index (χ0n) is 14.8. The molecule has 134 valence electrons. The molecule has 0 spiro atoms. The Labute approximate surface area is 150 Å². The Morgan fingerprint density at radius 1 is 1.27 bits per heavy atom. The molecule has 1 aliphatic heterocycles. The Morgan fingerprint density at radius 2 is 2.04 bits per heavy atom. The molecule has 1 amide bonds. The maximum absolute atomic E-state index is 13.0. The average Bonchev–Trinajstić information content (AvgIpc) is 3.23. The monoisotopic (exact) mass is 351 g/mol. The number of carbonyl (C=O) groups is 1. The standard InChI is InChI=1S/C19H21N5O2/c1-11-16(18(25)22-14-8-9-20-10-14)19(26)24-17(21-11)15(12(2)23-24)13-6-4-3-5-7-13/h3-7,14,20,23H,8-10H2,1-2H3,(H,22,25)/t14-/m0/s1. The molecule has 0 saturated carbocycles. The number of fused-ring (bicyclic) bond motifs is 1. The van der Waals surface area contributed by atoms with Crippen LogP contribution in [0.1, 0.15) is 28.2 Å². The minimum atomic E-state index is -0.374. The Balaban J connectivity index is 1.83. The number of nitrogens with one attached hydrogen (secondary N) is 3. The molecule has 1 fully saturated rings. The molecule has 7 heteroatoms. The van der Waals surface area contributed by atoms with Crippen LogP contribution in [-0.2, 0) is 0 Å². The van der Waals surface area contributed by atoms with Gasteiger partial charge >= 0.3 is 0 Å². The van der Waals surface area contributed by atoms with E-state index in [2.05, 4.69) is 20.7 Å². The van der Waals surface area contributed by atoms with Gasteiger partial charge in [0, 0.05) is 23.8 Å². The third kappa shape index (κ3) is 2.70. The summed E-state index contributed by atoms with van der Waals surface area (Å²) >= 11 is 0. The molecular weight excluding hydrogens is 330 g/mol. The third-order valence-corrected chi connectivity index (χ3v) is 4.83. The van der Waals surface area contributed by atoms with E-state index in [1.165, 1.54) is 4.52 Å². The van der Waals surface area contributed by atoms with Crippen LogP contribution < -0.4 is 16.2 Å². The number of amides is 1. The molecule has 0 radical (unpaired) electrons. The van der Waals surface area contributed by atoms with Crippen LogP contribution in [-0.4, -0.2) is 39.6 Å². The first kappa shape index (κ1) is 16.5. The summed E-state index contributed by atoms with van der Waals surface area (Å²) in [5.74, 6) is -0.364. The van der Waals surface area contributed by atoms with Crippen molar-refractivity contribution in [1.29, 1.82) is 0 Å². The van der Waals surface area contributed by atoms with Crippen LogP contribution in [0.5, 0.6) is 0 Å². The molecule has 3 N–H and O–H groups in total. The molecule has 1 saturated heterocycles. The smallest absolute Gasteiger partial charge is 0.285 e. The second-order valence-electron chi connectivity index (χ2n) is 6.68. The number of hydrogen-bond donors (Lipinski definition) is 3. The molecule has 0 bridgehead atoms. The van der Waals surface area contributed by atoms with Crippen molar-refractivity contribution >= 4 is 11.6 Å². The Morgan fingerprint density at radius 3 is 2.73 bits per heavy atom. The molecule has 0 unspecified atom stereocenters. The maximum atomic E-state index is 13.0. The summed E-state index contributed by atoms with van der Waals surface area (Å²) in [5.41, 5.74) is 3.38. The van der Waals surface area contributed by atoms with Gasteiger partial charge in [0.15, 0.2) is 5.65 Å². The molecule has 0 aliphatic carbocycles. The molecule has 4 rings (SSSR count). The SMILES string of the molecule is Cc1nc2c(-c3ccccc3)c(C)[nH]n2c(=O)c1C(=O)N[C@H]1CCNC1. The predicted molar refractivity (Wildman–Crippen MR) is 99.5 cm³/mol. The van der Waals surface area contributed by atoms with E-state index < -0.39 is 0 Å². The summed E-state index contributed by atoms with van der Waals surface area (Å²) in [4.78, 5) is 30.2. The summed E-state index contributed by atoms with van der Waals surface area (Å²) in [6.07, 6.45) is 0.863. The number of hydrogen-bond acceptors (Lipinski definition) is 4. The molecule has 1 atom stereocenters. The second kappa shape index (κ2) is 6.42. The summed E-state index contributed by atoms with van der Waals surface area (Å²) in [5, 5.41) is 9.18. The first-order valence-corrected chi connectivity index (χ1v) is 8.75. The van der Waals surface area contributed by atoms with Crippen molar-refractivity contribution in [3.05, 3.63) is 57.6 Å². The molecule has 1 aliphatic rings. The highest BCUT2D eigenvalue weighted by Gasteiger charge is 2.24. The van der Waals surface area contributed by atoms with Gasteiger partial charge in [-0.2, -0.15) is 0 Å². The van der Waals surface area contributed by atoms with Gasteiger partial charge in [0.1, 0.15) is 5.56 Å². The van der Waals surface area contributed by atoms with Crippen LogP contribution in [0.25, 0.3) is 16.8 Å². The van der Waals surface area contributed by atoms with Crippen molar-refractivity contribution in [3.8, 4) is 11.1 Å². The van der Waals surface area contributed by atoms with E-state index in [-0.39, 0.29) is 23.1 Å². The van der Waals surface area contributed by atoms with Gasteiger partial charge in [0.05, 0.1) is 5.69 Å². The van der Waals surface area contributed by atoms with Crippen LogP contribution >= 0.6 is 0 Å². The summed E-state index contributed by atoms with van der Waals surface area (Å²) in [7, 11) is 0. The number of aryl methyl sites for hydroxylation is 2. The van der Waals surface area contributed by atoms with Crippen molar-refractivity contribution in [3.63, 3.8) is 0 Å². The molecular formula is C19H21N5O2. The Kier molecular flexibility index (Phi) is 4.08. The fraction of sp³-hybridized carbons (Fsp3) is 0.316. The van der Waals surface area contributed by atoms with Crippen molar-refractivity contribution < 1.29 is 4.79 Å². The van der Waals surface area contributed by atoms with Gasteiger partial charge in [0.2, 0.25) is 0 Å². The minimum absolute atomic E-state index is 0.0484. The van der Waals surface area contributed by atoms with E-state index >= 15 is 0 Å². The number of H-pyrrole nitrogens is 1. The summed E-state index contributed by atoms with van der Waals surface area (Å²) < 4.78 is 1.37. The number of benzene rings is 1. The Hall–Kier alpha value is -2.93. The quantitative estimate of drug-likeness (QED) is 0.665.